The fourth-order valence-electron chi connectivity index (χ4n) is 1.60. The molecular weight excluding hydrogens is 246 g/mol. The number of ether oxygens (including phenoxy) is 1. The van der Waals surface area contributed by atoms with Gasteiger partial charge < -0.3 is 10.1 Å². The molecule has 1 aliphatic heterocycles. The van der Waals surface area contributed by atoms with Crippen LogP contribution in [0.15, 0.2) is 10.8 Å². The SMILES string of the molecule is CCn1ncc(C2COCCN2)c1Br. The highest BCUT2D eigenvalue weighted by Gasteiger charge is 2.20. The highest BCUT2D eigenvalue weighted by molar-refractivity contribution is 9.10. The molecular formula is C9H14BrN3O. The Morgan fingerprint density at radius 3 is 3.21 bits per heavy atom. The maximum atomic E-state index is 5.41. The molecule has 0 aliphatic carbocycles. The second kappa shape index (κ2) is 4.42. The minimum atomic E-state index is 0.276. The number of nitrogens with one attached hydrogen (secondary N) is 1. The molecule has 0 bridgehead atoms. The van der Waals surface area contributed by atoms with E-state index in [1.54, 1.807) is 0 Å². The van der Waals surface area contributed by atoms with E-state index in [1.165, 1.54) is 5.56 Å². The maximum absolute atomic E-state index is 5.41. The van der Waals surface area contributed by atoms with Gasteiger partial charge in [-0.05, 0) is 22.9 Å². The minimum Gasteiger partial charge on any atom is -0.378 e. The van der Waals surface area contributed by atoms with Crippen molar-refractivity contribution in [3.63, 3.8) is 0 Å². The van der Waals surface area contributed by atoms with E-state index in [1.807, 2.05) is 10.9 Å². The van der Waals surface area contributed by atoms with Crippen LogP contribution < -0.4 is 5.32 Å². The molecule has 1 saturated heterocycles. The summed E-state index contributed by atoms with van der Waals surface area (Å²) in [5.41, 5.74) is 1.19. The van der Waals surface area contributed by atoms with E-state index >= 15 is 0 Å². The molecule has 1 aromatic heterocycles. The van der Waals surface area contributed by atoms with Gasteiger partial charge in [-0.1, -0.05) is 0 Å². The van der Waals surface area contributed by atoms with Crippen molar-refractivity contribution in [1.82, 2.24) is 15.1 Å². The summed E-state index contributed by atoms with van der Waals surface area (Å²) in [6.07, 6.45) is 1.90. The molecule has 1 atom stereocenters. The highest BCUT2D eigenvalue weighted by atomic mass is 79.9. The first-order chi connectivity index (χ1) is 6.83. The molecule has 1 aromatic rings. The summed E-state index contributed by atoms with van der Waals surface area (Å²) in [4.78, 5) is 0. The molecule has 2 rings (SSSR count). The van der Waals surface area contributed by atoms with Gasteiger partial charge in [-0.3, -0.25) is 4.68 Å². The third-order valence-corrected chi connectivity index (χ3v) is 3.26. The van der Waals surface area contributed by atoms with E-state index in [2.05, 4.69) is 33.3 Å². The number of halogens is 1. The second-order valence-corrected chi connectivity index (χ2v) is 4.04. The van der Waals surface area contributed by atoms with Gasteiger partial charge in [0.05, 0.1) is 25.5 Å². The van der Waals surface area contributed by atoms with Gasteiger partial charge in [-0.2, -0.15) is 5.10 Å². The number of nitrogens with zero attached hydrogens (tertiary/aromatic N) is 2. The summed E-state index contributed by atoms with van der Waals surface area (Å²) in [5, 5.41) is 7.69. The lowest BCUT2D eigenvalue weighted by Crippen LogP contribution is -2.34. The van der Waals surface area contributed by atoms with Crippen molar-refractivity contribution in [2.75, 3.05) is 19.8 Å². The Balaban J connectivity index is 2.18. The minimum absolute atomic E-state index is 0.276. The number of aryl methyl sites for hydroxylation is 1. The summed E-state index contributed by atoms with van der Waals surface area (Å²) < 4.78 is 8.41. The topological polar surface area (TPSA) is 39.1 Å². The molecule has 0 saturated carbocycles. The smallest absolute Gasteiger partial charge is 0.108 e. The molecule has 1 fully saturated rings. The summed E-state index contributed by atoms with van der Waals surface area (Å²) in [6, 6.07) is 0.276. The predicted molar refractivity (Wildman–Crippen MR) is 57.2 cm³/mol. The Morgan fingerprint density at radius 1 is 1.79 bits per heavy atom. The average molecular weight is 260 g/mol. The van der Waals surface area contributed by atoms with Gasteiger partial charge in [-0.15, -0.1) is 0 Å². The lowest BCUT2D eigenvalue weighted by molar-refractivity contribution is 0.0766. The first-order valence-electron chi connectivity index (χ1n) is 4.85. The zero-order valence-electron chi connectivity index (χ0n) is 8.16. The lowest BCUT2D eigenvalue weighted by Gasteiger charge is -2.23. The van der Waals surface area contributed by atoms with Crippen LogP contribution >= 0.6 is 15.9 Å². The molecule has 0 aromatic carbocycles. The normalized spacial score (nSPS) is 22.6. The van der Waals surface area contributed by atoms with Crippen LogP contribution in [0.1, 0.15) is 18.5 Å². The molecule has 4 nitrogen and oxygen atoms in total. The monoisotopic (exact) mass is 259 g/mol. The van der Waals surface area contributed by atoms with Crippen molar-refractivity contribution >= 4 is 15.9 Å². The molecule has 78 valence electrons. The van der Waals surface area contributed by atoms with Gasteiger partial charge >= 0.3 is 0 Å². The van der Waals surface area contributed by atoms with E-state index in [0.29, 0.717) is 0 Å². The Hall–Kier alpha value is -0.390. The number of rotatable bonds is 2. The van der Waals surface area contributed by atoms with Gasteiger partial charge in [0.15, 0.2) is 0 Å². The summed E-state index contributed by atoms with van der Waals surface area (Å²) in [5.74, 6) is 0. The Morgan fingerprint density at radius 2 is 2.64 bits per heavy atom. The molecule has 1 unspecified atom stereocenters. The molecule has 14 heavy (non-hydrogen) atoms. The standard InChI is InChI=1S/C9H14BrN3O/c1-2-13-9(10)7(5-12-13)8-6-14-4-3-11-8/h5,8,11H,2-4,6H2,1H3. The average Bonchev–Trinajstić information content (AvgIpc) is 2.61. The third kappa shape index (κ3) is 1.85. The maximum Gasteiger partial charge on any atom is 0.108 e. The molecule has 5 heteroatoms. The van der Waals surface area contributed by atoms with Crippen LogP contribution in [0.3, 0.4) is 0 Å². The Bertz CT molecular complexity index is 307. The van der Waals surface area contributed by atoms with Crippen molar-refractivity contribution in [2.24, 2.45) is 0 Å². The van der Waals surface area contributed by atoms with E-state index in [0.717, 1.165) is 30.9 Å². The molecule has 1 N–H and O–H groups in total. The second-order valence-electron chi connectivity index (χ2n) is 3.29. The van der Waals surface area contributed by atoms with Gasteiger partial charge in [-0.25, -0.2) is 0 Å². The summed E-state index contributed by atoms with van der Waals surface area (Å²) in [6.45, 7) is 5.40. The first kappa shape index (κ1) is 10.1. The third-order valence-electron chi connectivity index (χ3n) is 2.40. The van der Waals surface area contributed by atoms with Gasteiger partial charge in [0.2, 0.25) is 0 Å². The van der Waals surface area contributed by atoms with Crippen LogP contribution in [0.25, 0.3) is 0 Å². The van der Waals surface area contributed by atoms with Gasteiger partial charge in [0, 0.05) is 18.7 Å². The highest BCUT2D eigenvalue weighted by Crippen LogP contribution is 2.24. The van der Waals surface area contributed by atoms with Gasteiger partial charge in [0.25, 0.3) is 0 Å². The van der Waals surface area contributed by atoms with Crippen LogP contribution in [0.2, 0.25) is 0 Å². The quantitative estimate of drug-likeness (QED) is 0.871. The zero-order valence-corrected chi connectivity index (χ0v) is 9.75. The Kier molecular flexibility index (Phi) is 3.20. The van der Waals surface area contributed by atoms with Crippen LogP contribution in [0.4, 0.5) is 0 Å². The van der Waals surface area contributed by atoms with Crippen LogP contribution in [-0.4, -0.2) is 29.5 Å². The van der Waals surface area contributed by atoms with E-state index < -0.39 is 0 Å². The molecule has 0 spiro atoms. The van der Waals surface area contributed by atoms with E-state index in [-0.39, 0.29) is 6.04 Å². The lowest BCUT2D eigenvalue weighted by atomic mass is 10.1. The van der Waals surface area contributed by atoms with E-state index in [9.17, 15) is 0 Å². The fourth-order valence-corrected chi connectivity index (χ4v) is 2.33. The van der Waals surface area contributed by atoms with Crippen LogP contribution in [-0.2, 0) is 11.3 Å². The van der Waals surface area contributed by atoms with Gasteiger partial charge in [0.1, 0.15) is 4.60 Å². The van der Waals surface area contributed by atoms with Crippen molar-refractivity contribution in [2.45, 2.75) is 19.5 Å². The Labute approximate surface area is 91.8 Å². The fraction of sp³-hybridized carbons (Fsp3) is 0.667. The molecule has 2 heterocycles. The number of hydrogen-bond donors (Lipinski definition) is 1. The van der Waals surface area contributed by atoms with Crippen molar-refractivity contribution in [3.8, 4) is 0 Å². The van der Waals surface area contributed by atoms with Crippen LogP contribution in [0, 0.1) is 0 Å². The van der Waals surface area contributed by atoms with Crippen molar-refractivity contribution < 1.29 is 4.74 Å². The van der Waals surface area contributed by atoms with E-state index in [4.69, 9.17) is 4.74 Å². The zero-order chi connectivity index (χ0) is 9.97. The molecule has 1 aliphatic rings. The molecule has 0 radical (unpaired) electrons. The summed E-state index contributed by atoms with van der Waals surface area (Å²) in [7, 11) is 0. The van der Waals surface area contributed by atoms with Crippen molar-refractivity contribution in [3.05, 3.63) is 16.4 Å². The summed E-state index contributed by atoms with van der Waals surface area (Å²) >= 11 is 3.55. The number of morpholine rings is 1. The predicted octanol–water partition coefficient (Wildman–Crippen LogP) is 1.33. The first-order valence-corrected chi connectivity index (χ1v) is 5.64. The van der Waals surface area contributed by atoms with Crippen LogP contribution in [0.5, 0.6) is 0 Å². The largest absolute Gasteiger partial charge is 0.378 e. The molecule has 0 amide bonds. The van der Waals surface area contributed by atoms with Crippen molar-refractivity contribution in [1.29, 1.82) is 0 Å². The number of hydrogen-bond acceptors (Lipinski definition) is 3. The number of aromatic nitrogens is 2.